The number of thiazole rings is 1. The van der Waals surface area contributed by atoms with Gasteiger partial charge in [-0.15, -0.1) is 0 Å². The molecule has 3 heterocycles. The Balaban J connectivity index is 1.53. The Morgan fingerprint density at radius 3 is 2.58 bits per heavy atom. The SMILES string of the molecule is Cc1cnc(Oc2ccc(C)c(-c3cnc(NC(=O)c4cncc(F)c4C)cn3)c2)s1. The molecule has 0 saturated carbocycles. The van der Waals surface area contributed by atoms with Crippen molar-refractivity contribution in [3.63, 3.8) is 0 Å². The molecule has 3 aromatic heterocycles. The lowest BCUT2D eigenvalue weighted by Gasteiger charge is -2.10. The molecule has 1 aromatic carbocycles. The number of rotatable bonds is 5. The Kier molecular flexibility index (Phi) is 5.68. The number of carbonyl (C=O) groups excluding carboxylic acids is 1. The third-order valence-electron chi connectivity index (χ3n) is 4.58. The first kappa shape index (κ1) is 20.5. The average molecular weight is 435 g/mol. The number of hydrogen-bond donors (Lipinski definition) is 1. The van der Waals surface area contributed by atoms with Crippen molar-refractivity contribution in [1.82, 2.24) is 19.9 Å². The van der Waals surface area contributed by atoms with Gasteiger partial charge in [0.05, 0.1) is 29.8 Å². The highest BCUT2D eigenvalue weighted by Gasteiger charge is 2.14. The van der Waals surface area contributed by atoms with Gasteiger partial charge in [-0.25, -0.2) is 14.4 Å². The molecule has 0 aliphatic carbocycles. The third-order valence-corrected chi connectivity index (χ3v) is 5.37. The van der Waals surface area contributed by atoms with Gasteiger partial charge in [-0.2, -0.15) is 0 Å². The van der Waals surface area contributed by atoms with Crippen LogP contribution in [0.25, 0.3) is 11.3 Å². The smallest absolute Gasteiger partial charge is 0.278 e. The lowest BCUT2D eigenvalue weighted by atomic mass is 10.1. The highest BCUT2D eigenvalue weighted by atomic mass is 32.1. The van der Waals surface area contributed by atoms with Crippen molar-refractivity contribution in [2.24, 2.45) is 0 Å². The third kappa shape index (κ3) is 4.56. The normalized spacial score (nSPS) is 10.7. The molecule has 0 atom stereocenters. The first-order chi connectivity index (χ1) is 14.9. The number of amides is 1. The second-order valence-corrected chi connectivity index (χ2v) is 8.05. The molecule has 4 aromatic rings. The van der Waals surface area contributed by atoms with Crippen LogP contribution < -0.4 is 10.1 Å². The van der Waals surface area contributed by atoms with E-state index in [0.717, 1.165) is 22.2 Å². The largest absolute Gasteiger partial charge is 0.431 e. The minimum atomic E-state index is -0.542. The first-order valence-corrected chi connectivity index (χ1v) is 10.2. The van der Waals surface area contributed by atoms with Gasteiger partial charge in [0.1, 0.15) is 11.6 Å². The fraction of sp³-hybridized carbons (Fsp3) is 0.136. The molecule has 0 aliphatic rings. The van der Waals surface area contributed by atoms with Crippen molar-refractivity contribution in [3.8, 4) is 22.2 Å². The van der Waals surface area contributed by atoms with Crippen LogP contribution in [0.2, 0.25) is 0 Å². The molecule has 0 bridgehead atoms. The summed E-state index contributed by atoms with van der Waals surface area (Å²) in [6.45, 7) is 5.45. The minimum absolute atomic E-state index is 0.143. The van der Waals surface area contributed by atoms with Crippen LogP contribution in [-0.2, 0) is 0 Å². The summed E-state index contributed by atoms with van der Waals surface area (Å²) in [6.07, 6.45) is 7.15. The van der Waals surface area contributed by atoms with Gasteiger partial charge in [-0.3, -0.25) is 14.8 Å². The average Bonchev–Trinajstić information content (AvgIpc) is 3.16. The Labute approximate surface area is 182 Å². The van der Waals surface area contributed by atoms with Crippen LogP contribution in [0, 0.1) is 26.6 Å². The molecule has 1 N–H and O–H groups in total. The molecule has 0 radical (unpaired) electrons. The number of hydrogen-bond acceptors (Lipinski definition) is 7. The van der Waals surface area contributed by atoms with Crippen molar-refractivity contribution in [2.75, 3.05) is 5.32 Å². The van der Waals surface area contributed by atoms with Crippen LogP contribution in [0.15, 0.2) is 49.2 Å². The van der Waals surface area contributed by atoms with Gasteiger partial charge in [0, 0.05) is 28.4 Å². The molecule has 0 fully saturated rings. The summed E-state index contributed by atoms with van der Waals surface area (Å²) in [5.41, 5.74) is 2.83. The van der Waals surface area contributed by atoms with Crippen molar-refractivity contribution in [1.29, 1.82) is 0 Å². The number of pyridine rings is 1. The van der Waals surface area contributed by atoms with E-state index < -0.39 is 11.7 Å². The highest BCUT2D eigenvalue weighted by Crippen LogP contribution is 2.31. The summed E-state index contributed by atoms with van der Waals surface area (Å²) in [6, 6.07) is 5.67. The van der Waals surface area contributed by atoms with E-state index in [1.54, 1.807) is 12.4 Å². The number of nitrogens with zero attached hydrogens (tertiary/aromatic N) is 4. The summed E-state index contributed by atoms with van der Waals surface area (Å²) in [5, 5.41) is 3.18. The first-order valence-electron chi connectivity index (χ1n) is 9.35. The van der Waals surface area contributed by atoms with E-state index in [4.69, 9.17) is 4.74 Å². The summed E-state index contributed by atoms with van der Waals surface area (Å²) < 4.78 is 19.5. The van der Waals surface area contributed by atoms with Crippen LogP contribution in [0.1, 0.15) is 26.4 Å². The molecule has 156 valence electrons. The van der Waals surface area contributed by atoms with E-state index in [0.29, 0.717) is 16.6 Å². The molecule has 9 heteroatoms. The van der Waals surface area contributed by atoms with E-state index in [-0.39, 0.29) is 16.9 Å². The summed E-state index contributed by atoms with van der Waals surface area (Å²) >= 11 is 1.47. The molecule has 1 amide bonds. The van der Waals surface area contributed by atoms with E-state index in [9.17, 15) is 9.18 Å². The highest BCUT2D eigenvalue weighted by molar-refractivity contribution is 7.13. The molecular formula is C22H18FN5O2S. The van der Waals surface area contributed by atoms with E-state index in [2.05, 4.69) is 25.3 Å². The molecule has 31 heavy (non-hydrogen) atoms. The Morgan fingerprint density at radius 1 is 1.03 bits per heavy atom. The van der Waals surface area contributed by atoms with E-state index in [1.165, 1.54) is 30.7 Å². The van der Waals surface area contributed by atoms with Gasteiger partial charge in [0.2, 0.25) is 0 Å². The molecule has 0 spiro atoms. The summed E-state index contributed by atoms with van der Waals surface area (Å²) in [5.74, 6) is -0.152. The van der Waals surface area contributed by atoms with Crippen molar-refractivity contribution in [2.45, 2.75) is 20.8 Å². The summed E-state index contributed by atoms with van der Waals surface area (Å²) in [7, 11) is 0. The van der Waals surface area contributed by atoms with E-state index in [1.807, 2.05) is 32.0 Å². The topological polar surface area (TPSA) is 89.9 Å². The van der Waals surface area contributed by atoms with Gasteiger partial charge in [-0.1, -0.05) is 17.4 Å². The van der Waals surface area contributed by atoms with Crippen molar-refractivity contribution in [3.05, 3.63) is 76.6 Å². The molecule has 0 unspecified atom stereocenters. The van der Waals surface area contributed by atoms with Crippen LogP contribution in [0.3, 0.4) is 0 Å². The van der Waals surface area contributed by atoms with Crippen LogP contribution >= 0.6 is 11.3 Å². The van der Waals surface area contributed by atoms with Gasteiger partial charge >= 0.3 is 0 Å². The van der Waals surface area contributed by atoms with E-state index >= 15 is 0 Å². The van der Waals surface area contributed by atoms with Crippen LogP contribution in [0.4, 0.5) is 10.2 Å². The number of aromatic nitrogens is 4. The number of ether oxygens (including phenoxy) is 1. The maximum atomic E-state index is 13.6. The molecule has 0 aliphatic heterocycles. The summed E-state index contributed by atoms with van der Waals surface area (Å²) in [4.78, 5) is 30.1. The Hall–Kier alpha value is -3.72. The quantitative estimate of drug-likeness (QED) is 0.469. The number of carbonyl (C=O) groups is 1. The van der Waals surface area contributed by atoms with Crippen molar-refractivity contribution < 1.29 is 13.9 Å². The molecular weight excluding hydrogens is 417 g/mol. The lowest BCUT2D eigenvalue weighted by molar-refractivity contribution is 0.102. The predicted molar refractivity (Wildman–Crippen MR) is 116 cm³/mol. The molecule has 0 saturated heterocycles. The zero-order chi connectivity index (χ0) is 22.0. The van der Waals surface area contributed by atoms with Crippen molar-refractivity contribution >= 4 is 23.1 Å². The number of benzene rings is 1. The Bertz CT molecular complexity index is 1260. The molecule has 7 nitrogen and oxygen atoms in total. The number of aryl methyl sites for hydroxylation is 2. The maximum absolute atomic E-state index is 13.6. The fourth-order valence-corrected chi connectivity index (χ4v) is 3.49. The zero-order valence-electron chi connectivity index (χ0n) is 17.0. The molecule has 4 rings (SSSR count). The second kappa shape index (κ2) is 8.57. The zero-order valence-corrected chi connectivity index (χ0v) is 17.8. The minimum Gasteiger partial charge on any atom is -0.431 e. The van der Waals surface area contributed by atoms with Gasteiger partial charge in [0.15, 0.2) is 5.82 Å². The van der Waals surface area contributed by atoms with Gasteiger partial charge in [0.25, 0.3) is 11.1 Å². The second-order valence-electron chi connectivity index (χ2n) is 6.85. The van der Waals surface area contributed by atoms with Gasteiger partial charge in [-0.05, 0) is 38.5 Å². The number of halogens is 1. The number of anilines is 1. The predicted octanol–water partition coefficient (Wildman–Crippen LogP) is 5.10. The number of nitrogens with one attached hydrogen (secondary N) is 1. The van der Waals surface area contributed by atoms with Crippen LogP contribution in [-0.4, -0.2) is 25.8 Å². The Morgan fingerprint density at radius 2 is 1.87 bits per heavy atom. The lowest BCUT2D eigenvalue weighted by Crippen LogP contribution is -2.15. The van der Waals surface area contributed by atoms with Gasteiger partial charge < -0.3 is 10.1 Å². The standard InChI is InChI=1S/C22H18FN5O2S/c1-12-4-5-15(30-22-27-7-13(2)31-22)6-16(12)19-10-26-20(11-25-19)28-21(29)17-8-24-9-18(23)14(17)3/h4-11H,1-3H3,(H,26,28,29). The van der Waals surface area contributed by atoms with Crippen LogP contribution in [0.5, 0.6) is 10.9 Å². The maximum Gasteiger partial charge on any atom is 0.278 e. The fourth-order valence-electron chi connectivity index (χ4n) is 2.87. The monoisotopic (exact) mass is 435 g/mol.